The third-order valence-electron chi connectivity index (χ3n) is 1.59. The second kappa shape index (κ2) is 6.40. The van der Waals surface area contributed by atoms with Gasteiger partial charge in [-0.15, -0.1) is 0 Å². The molecular weight excluding hydrogens is 154 g/mol. The van der Waals surface area contributed by atoms with Crippen LogP contribution in [0.2, 0.25) is 0 Å². The van der Waals surface area contributed by atoms with Crippen molar-refractivity contribution in [2.24, 2.45) is 5.73 Å². The van der Waals surface area contributed by atoms with Crippen LogP contribution in [-0.4, -0.2) is 25.5 Å². The topological polar surface area (TPSA) is 44.5 Å². The van der Waals surface area contributed by atoms with E-state index < -0.39 is 5.79 Å². The second-order valence-electron chi connectivity index (χ2n) is 3.03. The van der Waals surface area contributed by atoms with E-state index >= 15 is 0 Å². The average Bonchev–Trinajstić information content (AvgIpc) is 2.11. The summed E-state index contributed by atoms with van der Waals surface area (Å²) in [7, 11) is 0. The van der Waals surface area contributed by atoms with Gasteiger partial charge in [0.1, 0.15) is 0 Å². The second-order valence-corrected chi connectivity index (χ2v) is 3.03. The van der Waals surface area contributed by atoms with Gasteiger partial charge in [-0.3, -0.25) is 0 Å². The smallest absolute Gasteiger partial charge is 0.177 e. The Labute approximate surface area is 75.2 Å². The molecule has 0 saturated carbocycles. The summed E-state index contributed by atoms with van der Waals surface area (Å²) in [4.78, 5) is 0. The maximum Gasteiger partial charge on any atom is 0.177 e. The predicted octanol–water partition coefficient (Wildman–Crippen LogP) is 1.51. The highest BCUT2D eigenvalue weighted by atomic mass is 16.7. The van der Waals surface area contributed by atoms with Crippen molar-refractivity contribution in [3.8, 4) is 0 Å². The molecule has 0 bridgehead atoms. The standard InChI is InChI=1S/C9H21NO2/c1-4-6-11-9(3,8-10)12-7-5-2/h4-8,10H2,1-3H3. The quantitative estimate of drug-likeness (QED) is 0.596. The molecule has 0 saturated heterocycles. The van der Waals surface area contributed by atoms with Crippen molar-refractivity contribution >= 4 is 0 Å². The van der Waals surface area contributed by atoms with E-state index in [-0.39, 0.29) is 0 Å². The van der Waals surface area contributed by atoms with Crippen molar-refractivity contribution in [3.63, 3.8) is 0 Å². The summed E-state index contributed by atoms with van der Waals surface area (Å²) in [6, 6.07) is 0. The van der Waals surface area contributed by atoms with Crippen LogP contribution in [0.25, 0.3) is 0 Å². The van der Waals surface area contributed by atoms with Gasteiger partial charge in [-0.1, -0.05) is 13.8 Å². The predicted molar refractivity (Wildman–Crippen MR) is 49.9 cm³/mol. The van der Waals surface area contributed by atoms with Gasteiger partial charge in [-0.05, 0) is 19.8 Å². The van der Waals surface area contributed by atoms with Crippen molar-refractivity contribution < 1.29 is 9.47 Å². The molecule has 0 radical (unpaired) electrons. The summed E-state index contributed by atoms with van der Waals surface area (Å²) < 4.78 is 11.0. The maximum atomic E-state index is 5.54. The highest BCUT2D eigenvalue weighted by Gasteiger charge is 2.22. The Morgan fingerprint density at radius 2 is 1.50 bits per heavy atom. The molecule has 0 fully saturated rings. The number of hydrogen-bond donors (Lipinski definition) is 1. The van der Waals surface area contributed by atoms with Gasteiger partial charge >= 0.3 is 0 Å². The first-order valence-corrected chi connectivity index (χ1v) is 4.66. The van der Waals surface area contributed by atoms with Gasteiger partial charge in [0.05, 0.1) is 0 Å². The average molecular weight is 175 g/mol. The van der Waals surface area contributed by atoms with E-state index in [2.05, 4.69) is 13.8 Å². The van der Waals surface area contributed by atoms with E-state index in [9.17, 15) is 0 Å². The normalized spacial score (nSPS) is 12.0. The molecule has 0 aromatic heterocycles. The first-order valence-electron chi connectivity index (χ1n) is 4.66. The van der Waals surface area contributed by atoms with Crippen LogP contribution in [0.15, 0.2) is 0 Å². The molecule has 2 N–H and O–H groups in total. The Morgan fingerprint density at radius 3 is 1.75 bits per heavy atom. The lowest BCUT2D eigenvalue weighted by Gasteiger charge is -2.28. The molecule has 0 atom stereocenters. The lowest BCUT2D eigenvalue weighted by Crippen LogP contribution is -2.41. The molecule has 0 aliphatic heterocycles. The molecule has 3 heteroatoms. The number of ether oxygens (including phenoxy) is 2. The molecule has 0 rings (SSSR count). The zero-order valence-electron chi connectivity index (χ0n) is 8.43. The highest BCUT2D eigenvalue weighted by Crippen LogP contribution is 2.11. The van der Waals surface area contributed by atoms with Gasteiger partial charge < -0.3 is 15.2 Å². The SMILES string of the molecule is CCCOC(C)(CN)OCCC. The summed E-state index contributed by atoms with van der Waals surface area (Å²) in [6.45, 7) is 7.84. The molecule has 0 unspecified atom stereocenters. The Hall–Kier alpha value is -0.120. The first kappa shape index (κ1) is 11.9. The number of hydrogen-bond acceptors (Lipinski definition) is 3. The van der Waals surface area contributed by atoms with E-state index in [1.165, 1.54) is 0 Å². The summed E-state index contributed by atoms with van der Waals surface area (Å²) in [5, 5.41) is 0. The lowest BCUT2D eigenvalue weighted by molar-refractivity contribution is -0.218. The summed E-state index contributed by atoms with van der Waals surface area (Å²) >= 11 is 0. The first-order chi connectivity index (χ1) is 5.68. The Morgan fingerprint density at radius 1 is 1.08 bits per heavy atom. The van der Waals surface area contributed by atoms with Crippen LogP contribution in [0.3, 0.4) is 0 Å². The van der Waals surface area contributed by atoms with Gasteiger partial charge in [-0.2, -0.15) is 0 Å². The van der Waals surface area contributed by atoms with Gasteiger partial charge in [-0.25, -0.2) is 0 Å². The van der Waals surface area contributed by atoms with Crippen LogP contribution in [0, 0.1) is 0 Å². The van der Waals surface area contributed by atoms with Crippen molar-refractivity contribution in [1.82, 2.24) is 0 Å². The highest BCUT2D eigenvalue weighted by molar-refractivity contribution is 4.63. The van der Waals surface area contributed by atoms with Crippen molar-refractivity contribution in [2.75, 3.05) is 19.8 Å². The maximum absolute atomic E-state index is 5.54. The van der Waals surface area contributed by atoms with Gasteiger partial charge in [0, 0.05) is 19.8 Å². The van der Waals surface area contributed by atoms with E-state index in [4.69, 9.17) is 15.2 Å². The molecular formula is C9H21NO2. The van der Waals surface area contributed by atoms with E-state index in [0.717, 1.165) is 12.8 Å². The third-order valence-corrected chi connectivity index (χ3v) is 1.59. The fourth-order valence-corrected chi connectivity index (χ4v) is 0.795. The molecule has 0 aliphatic rings. The van der Waals surface area contributed by atoms with Gasteiger partial charge in [0.2, 0.25) is 0 Å². The Balaban J connectivity index is 3.70. The molecule has 3 nitrogen and oxygen atoms in total. The molecule has 74 valence electrons. The van der Waals surface area contributed by atoms with Crippen LogP contribution in [-0.2, 0) is 9.47 Å². The van der Waals surface area contributed by atoms with Crippen molar-refractivity contribution in [1.29, 1.82) is 0 Å². The number of rotatable bonds is 7. The molecule has 0 aliphatic carbocycles. The summed E-state index contributed by atoms with van der Waals surface area (Å²) in [6.07, 6.45) is 1.98. The van der Waals surface area contributed by atoms with Crippen molar-refractivity contribution in [3.05, 3.63) is 0 Å². The summed E-state index contributed by atoms with van der Waals surface area (Å²) in [5.41, 5.74) is 5.54. The Kier molecular flexibility index (Phi) is 6.34. The largest absolute Gasteiger partial charge is 0.349 e. The molecule has 12 heavy (non-hydrogen) atoms. The van der Waals surface area contributed by atoms with Crippen LogP contribution < -0.4 is 5.73 Å². The molecule has 0 aromatic carbocycles. The van der Waals surface area contributed by atoms with Crippen LogP contribution in [0.1, 0.15) is 33.6 Å². The zero-order chi connectivity index (χ0) is 9.45. The van der Waals surface area contributed by atoms with Gasteiger partial charge in [0.25, 0.3) is 0 Å². The minimum atomic E-state index is -0.577. The fourth-order valence-electron chi connectivity index (χ4n) is 0.795. The molecule has 0 heterocycles. The minimum Gasteiger partial charge on any atom is -0.349 e. The monoisotopic (exact) mass is 175 g/mol. The van der Waals surface area contributed by atoms with E-state index in [0.29, 0.717) is 19.8 Å². The van der Waals surface area contributed by atoms with Gasteiger partial charge in [0.15, 0.2) is 5.79 Å². The third kappa shape index (κ3) is 4.70. The Bertz CT molecular complexity index is 98.7. The van der Waals surface area contributed by atoms with Crippen LogP contribution >= 0.6 is 0 Å². The zero-order valence-corrected chi connectivity index (χ0v) is 8.43. The van der Waals surface area contributed by atoms with E-state index in [1.54, 1.807) is 0 Å². The summed E-state index contributed by atoms with van der Waals surface area (Å²) in [5.74, 6) is -0.577. The fraction of sp³-hybridized carbons (Fsp3) is 1.00. The van der Waals surface area contributed by atoms with Crippen LogP contribution in [0.5, 0.6) is 0 Å². The number of nitrogens with two attached hydrogens (primary N) is 1. The molecule has 0 spiro atoms. The molecule has 0 aromatic rings. The minimum absolute atomic E-state index is 0.410. The van der Waals surface area contributed by atoms with Crippen LogP contribution in [0.4, 0.5) is 0 Å². The lowest BCUT2D eigenvalue weighted by atomic mass is 10.3. The van der Waals surface area contributed by atoms with E-state index in [1.807, 2.05) is 6.92 Å². The van der Waals surface area contributed by atoms with Crippen molar-refractivity contribution in [2.45, 2.75) is 39.4 Å². The molecule has 0 amide bonds.